The third kappa shape index (κ3) is 3.26. The molecule has 124 valence electrons. The van der Waals surface area contributed by atoms with Crippen molar-refractivity contribution in [3.8, 4) is 11.4 Å². The van der Waals surface area contributed by atoms with Crippen molar-refractivity contribution in [2.45, 2.75) is 6.54 Å². The number of aromatic nitrogens is 3. The number of hydrogen-bond donors (Lipinski definition) is 1. The van der Waals surface area contributed by atoms with Crippen LogP contribution in [0.15, 0.2) is 60.1 Å². The molecular formula is C18H13ClN4OS. The van der Waals surface area contributed by atoms with Crippen LogP contribution in [0.5, 0.6) is 0 Å². The van der Waals surface area contributed by atoms with Gasteiger partial charge >= 0.3 is 0 Å². The van der Waals surface area contributed by atoms with Crippen molar-refractivity contribution in [2.24, 2.45) is 0 Å². The lowest BCUT2D eigenvalue weighted by molar-refractivity contribution is 0.0951. The van der Waals surface area contributed by atoms with E-state index in [9.17, 15) is 4.79 Å². The fourth-order valence-electron chi connectivity index (χ4n) is 2.50. The van der Waals surface area contributed by atoms with Gasteiger partial charge in [-0.15, -0.1) is 21.5 Å². The number of pyridine rings is 1. The largest absolute Gasteiger partial charge is 0.347 e. The second-order valence-electron chi connectivity index (χ2n) is 5.44. The van der Waals surface area contributed by atoms with Crippen molar-refractivity contribution < 1.29 is 4.79 Å². The molecule has 4 rings (SSSR count). The van der Waals surface area contributed by atoms with Gasteiger partial charge in [-0.25, -0.2) is 0 Å². The van der Waals surface area contributed by atoms with Gasteiger partial charge in [0.05, 0.1) is 12.1 Å². The van der Waals surface area contributed by atoms with Crippen molar-refractivity contribution in [1.82, 2.24) is 19.9 Å². The molecule has 3 heterocycles. The first kappa shape index (κ1) is 15.8. The summed E-state index contributed by atoms with van der Waals surface area (Å²) in [5.74, 6) is 0.533. The molecule has 1 N–H and O–H groups in total. The molecule has 25 heavy (non-hydrogen) atoms. The fraction of sp³-hybridized carbons (Fsp3) is 0.0556. The fourth-order valence-corrected chi connectivity index (χ4v) is 3.27. The lowest BCUT2D eigenvalue weighted by atomic mass is 10.2. The van der Waals surface area contributed by atoms with Crippen molar-refractivity contribution in [3.05, 3.63) is 75.6 Å². The van der Waals surface area contributed by atoms with Gasteiger partial charge in [-0.05, 0) is 47.8 Å². The number of nitrogens with one attached hydrogen (secondary N) is 1. The first-order chi connectivity index (χ1) is 12.2. The summed E-state index contributed by atoms with van der Waals surface area (Å²) in [6, 6.07) is 14.8. The van der Waals surface area contributed by atoms with E-state index in [-0.39, 0.29) is 5.91 Å². The molecule has 7 heteroatoms. The molecule has 0 aliphatic carbocycles. The normalized spacial score (nSPS) is 10.9. The molecule has 0 unspecified atom stereocenters. The highest BCUT2D eigenvalue weighted by atomic mass is 35.5. The van der Waals surface area contributed by atoms with E-state index in [1.807, 2.05) is 34.0 Å². The Morgan fingerprint density at radius 3 is 2.72 bits per heavy atom. The Labute approximate surface area is 152 Å². The Morgan fingerprint density at radius 2 is 1.96 bits per heavy atom. The maximum absolute atomic E-state index is 12.4. The number of fused-ring (bicyclic) bond motifs is 1. The molecule has 0 aliphatic heterocycles. The summed E-state index contributed by atoms with van der Waals surface area (Å²) >= 11 is 7.55. The van der Waals surface area contributed by atoms with E-state index in [2.05, 4.69) is 15.5 Å². The van der Waals surface area contributed by atoms with E-state index in [1.165, 1.54) is 0 Å². The maximum Gasteiger partial charge on any atom is 0.253 e. The van der Waals surface area contributed by atoms with Crippen molar-refractivity contribution in [2.75, 3.05) is 0 Å². The number of rotatable bonds is 4. The minimum absolute atomic E-state index is 0.133. The highest BCUT2D eigenvalue weighted by Crippen LogP contribution is 2.21. The third-order valence-electron chi connectivity index (χ3n) is 3.77. The van der Waals surface area contributed by atoms with Crippen LogP contribution in [0.2, 0.25) is 5.02 Å². The zero-order valence-electron chi connectivity index (χ0n) is 13.0. The standard InChI is InChI=1S/C18H13ClN4OS/c19-14-6-3-12(4-7-14)17-22-21-16-8-5-13(11-23(16)17)18(24)20-10-15-2-1-9-25-15/h1-9,11H,10H2,(H,20,24). The van der Waals surface area contributed by atoms with E-state index >= 15 is 0 Å². The van der Waals surface area contributed by atoms with E-state index < -0.39 is 0 Å². The highest BCUT2D eigenvalue weighted by Gasteiger charge is 2.12. The number of carbonyl (C=O) groups is 1. The molecule has 4 aromatic rings. The number of amides is 1. The molecule has 3 aromatic heterocycles. The SMILES string of the molecule is O=C(NCc1cccs1)c1ccc2nnc(-c3ccc(Cl)cc3)n2c1. The van der Waals surface area contributed by atoms with Crippen LogP contribution in [0.25, 0.3) is 17.0 Å². The van der Waals surface area contributed by atoms with Crippen LogP contribution in [0.1, 0.15) is 15.2 Å². The molecule has 1 amide bonds. The van der Waals surface area contributed by atoms with Gasteiger partial charge < -0.3 is 5.32 Å². The maximum atomic E-state index is 12.4. The van der Waals surface area contributed by atoms with Crippen LogP contribution >= 0.6 is 22.9 Å². The number of carbonyl (C=O) groups excluding carboxylic acids is 1. The second kappa shape index (κ2) is 6.66. The lowest BCUT2D eigenvalue weighted by Gasteiger charge is -2.06. The molecule has 0 radical (unpaired) electrons. The van der Waals surface area contributed by atoms with E-state index in [1.54, 1.807) is 41.8 Å². The summed E-state index contributed by atoms with van der Waals surface area (Å²) < 4.78 is 1.81. The zero-order valence-corrected chi connectivity index (χ0v) is 14.6. The van der Waals surface area contributed by atoms with E-state index in [0.717, 1.165) is 10.4 Å². The molecule has 0 saturated carbocycles. The molecule has 0 fully saturated rings. The van der Waals surface area contributed by atoms with Crippen molar-refractivity contribution in [3.63, 3.8) is 0 Å². The molecule has 5 nitrogen and oxygen atoms in total. The molecule has 0 saturated heterocycles. The van der Waals surface area contributed by atoms with Gasteiger partial charge in [0.2, 0.25) is 0 Å². The van der Waals surface area contributed by atoms with Gasteiger partial charge in [0.25, 0.3) is 5.91 Å². The Bertz CT molecular complexity index is 1030. The summed E-state index contributed by atoms with van der Waals surface area (Å²) in [5, 5.41) is 13.9. The van der Waals surface area contributed by atoms with Crippen LogP contribution in [-0.2, 0) is 6.54 Å². The molecule has 0 spiro atoms. The zero-order chi connectivity index (χ0) is 17.2. The van der Waals surface area contributed by atoms with Crippen molar-refractivity contribution in [1.29, 1.82) is 0 Å². The first-order valence-corrected chi connectivity index (χ1v) is 8.88. The van der Waals surface area contributed by atoms with Gasteiger partial charge in [0.15, 0.2) is 11.5 Å². The van der Waals surface area contributed by atoms with Gasteiger partial charge in [-0.3, -0.25) is 9.20 Å². The third-order valence-corrected chi connectivity index (χ3v) is 4.90. The molecule has 0 atom stereocenters. The predicted molar refractivity (Wildman–Crippen MR) is 98.9 cm³/mol. The average Bonchev–Trinajstić information content (AvgIpc) is 3.29. The Kier molecular flexibility index (Phi) is 4.21. The predicted octanol–water partition coefficient (Wildman–Crippen LogP) is 4.04. The van der Waals surface area contributed by atoms with Crippen LogP contribution in [0.3, 0.4) is 0 Å². The Balaban J connectivity index is 1.63. The minimum Gasteiger partial charge on any atom is -0.347 e. The van der Waals surface area contributed by atoms with Crippen LogP contribution < -0.4 is 5.32 Å². The topological polar surface area (TPSA) is 59.3 Å². The number of hydrogen-bond acceptors (Lipinski definition) is 4. The lowest BCUT2D eigenvalue weighted by Crippen LogP contribution is -2.22. The summed E-state index contributed by atoms with van der Waals surface area (Å²) in [4.78, 5) is 13.5. The highest BCUT2D eigenvalue weighted by molar-refractivity contribution is 7.09. The Morgan fingerprint density at radius 1 is 1.12 bits per heavy atom. The number of benzene rings is 1. The average molecular weight is 369 g/mol. The first-order valence-electron chi connectivity index (χ1n) is 7.62. The minimum atomic E-state index is -0.133. The summed E-state index contributed by atoms with van der Waals surface area (Å²) in [6.07, 6.45) is 1.75. The van der Waals surface area contributed by atoms with Gasteiger partial charge in [0.1, 0.15) is 0 Å². The quantitative estimate of drug-likeness (QED) is 0.591. The van der Waals surface area contributed by atoms with Crippen LogP contribution in [0.4, 0.5) is 0 Å². The molecule has 0 bridgehead atoms. The number of thiophene rings is 1. The summed E-state index contributed by atoms with van der Waals surface area (Å²) in [7, 11) is 0. The number of halogens is 1. The molecular weight excluding hydrogens is 356 g/mol. The smallest absolute Gasteiger partial charge is 0.253 e. The van der Waals surface area contributed by atoms with Crippen LogP contribution in [-0.4, -0.2) is 20.5 Å². The molecule has 0 aliphatic rings. The summed E-state index contributed by atoms with van der Waals surface area (Å²) in [6.45, 7) is 0.515. The Hall–Kier alpha value is -2.70. The van der Waals surface area contributed by atoms with Crippen molar-refractivity contribution >= 4 is 34.5 Å². The van der Waals surface area contributed by atoms with Gasteiger partial charge in [-0.1, -0.05) is 17.7 Å². The van der Waals surface area contributed by atoms with Gasteiger partial charge in [-0.2, -0.15) is 0 Å². The molecule has 1 aromatic carbocycles. The van der Waals surface area contributed by atoms with E-state index in [4.69, 9.17) is 11.6 Å². The van der Waals surface area contributed by atoms with Crippen LogP contribution in [0, 0.1) is 0 Å². The summed E-state index contributed by atoms with van der Waals surface area (Å²) in [5.41, 5.74) is 2.12. The monoisotopic (exact) mass is 368 g/mol. The van der Waals surface area contributed by atoms with Gasteiger partial charge in [0, 0.05) is 21.7 Å². The number of nitrogens with zero attached hydrogens (tertiary/aromatic N) is 3. The van der Waals surface area contributed by atoms with E-state index in [0.29, 0.717) is 28.6 Å². The second-order valence-corrected chi connectivity index (χ2v) is 6.91.